The monoisotopic (exact) mass is 504 g/mol. The number of hydrogen-bond acceptors (Lipinski definition) is 5. The van der Waals surface area contributed by atoms with Crippen molar-refractivity contribution >= 4 is 0 Å². The smallest absolute Gasteiger partial charge is 0.158 e. The zero-order valence-corrected chi connectivity index (χ0v) is 22.3. The summed E-state index contributed by atoms with van der Waals surface area (Å²) in [6, 6.07) is 0. The van der Waals surface area contributed by atoms with Gasteiger partial charge in [-0.2, -0.15) is 0 Å². The van der Waals surface area contributed by atoms with Crippen LogP contribution in [0.3, 0.4) is 0 Å². The molecule has 2 aliphatic heterocycles. The van der Waals surface area contributed by atoms with Crippen LogP contribution in [0.1, 0.15) is 85.0 Å². The maximum Gasteiger partial charge on any atom is 0.158 e. The average molecular weight is 505 g/mol. The lowest BCUT2D eigenvalue weighted by molar-refractivity contribution is -0.197. The molecule has 0 amide bonds. The van der Waals surface area contributed by atoms with Gasteiger partial charge in [-0.3, -0.25) is 0 Å². The fourth-order valence-electron chi connectivity index (χ4n) is 6.32. The van der Waals surface area contributed by atoms with Crippen LogP contribution in [0.4, 0.5) is 4.39 Å². The van der Waals surface area contributed by atoms with Crippen molar-refractivity contribution in [3.05, 3.63) is 23.6 Å². The fraction of sp³-hybridized carbons (Fsp3) is 0.800. The van der Waals surface area contributed by atoms with Gasteiger partial charge in [-0.1, -0.05) is 26.0 Å². The van der Waals surface area contributed by atoms with E-state index in [0.29, 0.717) is 24.7 Å². The van der Waals surface area contributed by atoms with Crippen LogP contribution < -0.4 is 0 Å². The maximum atomic E-state index is 14.3. The fourth-order valence-corrected chi connectivity index (χ4v) is 6.32. The predicted molar refractivity (Wildman–Crippen MR) is 137 cm³/mol. The van der Waals surface area contributed by atoms with E-state index in [1.54, 1.807) is 0 Å². The molecule has 4 rings (SSSR count). The van der Waals surface area contributed by atoms with Gasteiger partial charge < -0.3 is 24.1 Å². The van der Waals surface area contributed by atoms with Gasteiger partial charge in [0, 0.05) is 31.0 Å². The van der Waals surface area contributed by atoms with E-state index in [-0.39, 0.29) is 41.9 Å². The molecule has 0 radical (unpaired) electrons. The molecule has 2 saturated heterocycles. The lowest BCUT2D eigenvalue weighted by Crippen LogP contribution is -2.36. The van der Waals surface area contributed by atoms with Crippen molar-refractivity contribution in [2.24, 2.45) is 23.2 Å². The number of aliphatic hydroxyl groups excluding tert-OH is 1. The largest absolute Gasteiger partial charge is 0.389 e. The number of fused-ring (bicyclic) bond motifs is 1. The van der Waals surface area contributed by atoms with E-state index >= 15 is 0 Å². The molecule has 202 valence electrons. The Morgan fingerprint density at radius 2 is 1.86 bits per heavy atom. The first-order valence-corrected chi connectivity index (χ1v) is 14.0. The second-order valence-corrected chi connectivity index (χ2v) is 11.6. The van der Waals surface area contributed by atoms with Crippen LogP contribution in [0.2, 0.25) is 0 Å². The highest BCUT2D eigenvalue weighted by atomic mass is 19.1. The summed E-state index contributed by atoms with van der Waals surface area (Å²) >= 11 is 0. The van der Waals surface area contributed by atoms with Crippen LogP contribution in [0.15, 0.2) is 23.6 Å². The minimum atomic E-state index is -0.505. The molecule has 4 aliphatic rings. The molecule has 0 bridgehead atoms. The minimum absolute atomic E-state index is 0.0446. The molecule has 2 unspecified atom stereocenters. The van der Waals surface area contributed by atoms with Crippen molar-refractivity contribution in [3.63, 3.8) is 0 Å². The Labute approximate surface area is 216 Å². The standard InChI is InChI=1S/C30H45FO5/c1-4-5-14-30(2,3)27(36-29-11-7-9-16-34-29)13-12-23-24-18-22(25(31)20-32)17-21(24)19-26(23)35-28-10-6-8-15-33-28/h12-13,21,23-24,26-29,32H,6-11,14-20H2,1-3H3/b13-12+,25-22?/t21-,23+,24-,26+,27+,28?,29?/m0/s1. The number of rotatable bonds is 9. The Kier molecular flexibility index (Phi) is 10.1. The van der Waals surface area contributed by atoms with E-state index in [9.17, 15) is 9.50 Å². The first-order chi connectivity index (χ1) is 17.4. The normalized spacial score (nSPS) is 35.4. The molecular weight excluding hydrogens is 459 g/mol. The zero-order valence-electron chi connectivity index (χ0n) is 22.3. The van der Waals surface area contributed by atoms with E-state index in [1.165, 1.54) is 0 Å². The summed E-state index contributed by atoms with van der Waals surface area (Å²) in [7, 11) is 0. The van der Waals surface area contributed by atoms with Gasteiger partial charge in [0.25, 0.3) is 0 Å². The Bertz CT molecular complexity index is 828. The number of aliphatic hydroxyl groups is 1. The molecule has 7 atom stereocenters. The molecule has 2 saturated carbocycles. The van der Waals surface area contributed by atoms with Gasteiger partial charge in [0.05, 0.1) is 18.8 Å². The molecule has 6 heteroatoms. The van der Waals surface area contributed by atoms with Gasteiger partial charge in [-0.25, -0.2) is 4.39 Å². The van der Waals surface area contributed by atoms with E-state index in [2.05, 4.69) is 37.8 Å². The third-order valence-corrected chi connectivity index (χ3v) is 8.48. The highest BCUT2D eigenvalue weighted by Gasteiger charge is 2.48. The van der Waals surface area contributed by atoms with Crippen LogP contribution in [0.5, 0.6) is 0 Å². The molecule has 2 heterocycles. The lowest BCUT2D eigenvalue weighted by Gasteiger charge is -2.35. The van der Waals surface area contributed by atoms with Gasteiger partial charge in [0.15, 0.2) is 12.6 Å². The summed E-state index contributed by atoms with van der Waals surface area (Å²) in [6.07, 6.45) is 13.3. The number of ether oxygens (including phenoxy) is 4. The maximum absolute atomic E-state index is 14.3. The van der Waals surface area contributed by atoms with Crippen LogP contribution in [-0.4, -0.2) is 49.7 Å². The van der Waals surface area contributed by atoms with E-state index in [1.807, 2.05) is 6.92 Å². The SMILES string of the molecule is CC#CCC(C)(C)[C@@H](/C=C/[C@@H]1[C@H]2CC(=C(F)CO)C[C@H]2C[C@H]1OC1CCCCO1)OC1CCCCO1. The molecule has 36 heavy (non-hydrogen) atoms. The highest BCUT2D eigenvalue weighted by Crippen LogP contribution is 2.52. The number of allylic oxidation sites excluding steroid dienone is 1. The van der Waals surface area contributed by atoms with Crippen LogP contribution in [-0.2, 0) is 18.9 Å². The average Bonchev–Trinajstić information content (AvgIpc) is 3.44. The molecular formula is C30H45FO5. The van der Waals surface area contributed by atoms with Crippen molar-refractivity contribution in [2.45, 2.75) is 110 Å². The van der Waals surface area contributed by atoms with Crippen LogP contribution in [0, 0.1) is 35.0 Å². The Morgan fingerprint density at radius 1 is 1.14 bits per heavy atom. The second kappa shape index (κ2) is 13.0. The van der Waals surface area contributed by atoms with E-state index in [4.69, 9.17) is 18.9 Å². The molecule has 5 nitrogen and oxygen atoms in total. The molecule has 1 N–H and O–H groups in total. The lowest BCUT2D eigenvalue weighted by atomic mass is 9.81. The molecule has 0 spiro atoms. The van der Waals surface area contributed by atoms with Gasteiger partial charge in [-0.05, 0) is 82.1 Å². The Hall–Kier alpha value is -1.23. The summed E-state index contributed by atoms with van der Waals surface area (Å²) in [5.74, 6) is 6.73. The minimum Gasteiger partial charge on any atom is -0.389 e. The van der Waals surface area contributed by atoms with E-state index in [0.717, 1.165) is 70.2 Å². The highest BCUT2D eigenvalue weighted by molar-refractivity contribution is 5.21. The third-order valence-electron chi connectivity index (χ3n) is 8.48. The van der Waals surface area contributed by atoms with Crippen molar-refractivity contribution in [3.8, 4) is 11.8 Å². The van der Waals surface area contributed by atoms with Crippen LogP contribution >= 0.6 is 0 Å². The summed E-state index contributed by atoms with van der Waals surface area (Å²) in [4.78, 5) is 0. The Balaban J connectivity index is 1.55. The molecule has 0 aromatic heterocycles. The molecule has 2 aliphatic carbocycles. The first kappa shape index (κ1) is 27.8. The summed E-state index contributed by atoms with van der Waals surface area (Å²) < 4.78 is 39.2. The van der Waals surface area contributed by atoms with Gasteiger partial charge in [0.1, 0.15) is 5.83 Å². The quantitative estimate of drug-likeness (QED) is 0.305. The first-order valence-electron chi connectivity index (χ1n) is 14.0. The second-order valence-electron chi connectivity index (χ2n) is 11.6. The van der Waals surface area contributed by atoms with Gasteiger partial charge >= 0.3 is 0 Å². The molecule has 0 aromatic rings. The Morgan fingerprint density at radius 3 is 2.50 bits per heavy atom. The van der Waals surface area contributed by atoms with Crippen molar-refractivity contribution in [1.29, 1.82) is 0 Å². The number of hydrogen-bond donors (Lipinski definition) is 1. The van der Waals surface area contributed by atoms with Crippen molar-refractivity contribution < 1.29 is 28.4 Å². The van der Waals surface area contributed by atoms with Crippen molar-refractivity contribution in [2.75, 3.05) is 19.8 Å². The third kappa shape index (κ3) is 6.99. The molecule has 0 aromatic carbocycles. The summed E-state index contributed by atoms with van der Waals surface area (Å²) in [5, 5.41) is 9.36. The summed E-state index contributed by atoms with van der Waals surface area (Å²) in [6.45, 7) is 7.26. The molecule has 4 fully saturated rings. The zero-order chi connectivity index (χ0) is 25.5. The van der Waals surface area contributed by atoms with Crippen molar-refractivity contribution in [1.82, 2.24) is 0 Å². The van der Waals surface area contributed by atoms with E-state index < -0.39 is 6.61 Å². The van der Waals surface area contributed by atoms with Gasteiger partial charge in [-0.15, -0.1) is 11.8 Å². The van der Waals surface area contributed by atoms with Crippen LogP contribution in [0.25, 0.3) is 0 Å². The number of halogens is 1. The predicted octanol–water partition coefficient (Wildman–Crippen LogP) is 6.07. The summed E-state index contributed by atoms with van der Waals surface area (Å²) in [5.41, 5.74) is 0.588. The van der Waals surface area contributed by atoms with Gasteiger partial charge in [0.2, 0.25) is 0 Å². The topological polar surface area (TPSA) is 57.2 Å².